The average Bonchev–Trinajstić information content (AvgIpc) is 2.35. The molecular weight excluding hydrogens is 256 g/mol. The number of hydrogen-bond acceptors (Lipinski definition) is 3. The van der Waals surface area contributed by atoms with Crippen LogP contribution in [0.2, 0.25) is 0 Å². The zero-order valence-electron chi connectivity index (χ0n) is 12.1. The van der Waals surface area contributed by atoms with Gasteiger partial charge in [0, 0.05) is 12.1 Å². The van der Waals surface area contributed by atoms with Crippen molar-refractivity contribution in [2.75, 3.05) is 5.32 Å². The maximum absolute atomic E-state index is 12.1. The summed E-state index contributed by atoms with van der Waals surface area (Å²) < 4.78 is 0. The summed E-state index contributed by atoms with van der Waals surface area (Å²) >= 11 is 0. The molecule has 1 rings (SSSR count). The van der Waals surface area contributed by atoms with Gasteiger partial charge in [-0.2, -0.15) is 0 Å². The van der Waals surface area contributed by atoms with E-state index in [1.807, 2.05) is 26.8 Å². The number of carbonyl (C=O) groups is 2. The van der Waals surface area contributed by atoms with Crippen LogP contribution >= 0.6 is 0 Å². The molecule has 0 aliphatic heterocycles. The van der Waals surface area contributed by atoms with Crippen molar-refractivity contribution in [1.82, 2.24) is 0 Å². The van der Waals surface area contributed by atoms with Crippen molar-refractivity contribution in [2.45, 2.75) is 39.7 Å². The molecule has 110 valence electrons. The molecule has 4 N–H and O–H groups in total. The lowest BCUT2D eigenvalue weighted by atomic mass is 9.87. The smallest absolute Gasteiger partial charge is 0.303 e. The van der Waals surface area contributed by atoms with Gasteiger partial charge < -0.3 is 16.2 Å². The van der Waals surface area contributed by atoms with E-state index in [2.05, 4.69) is 5.32 Å². The number of aliphatic carboxylic acids is 1. The molecule has 1 aromatic rings. The number of hydrogen-bond donors (Lipinski definition) is 3. The standard InChI is InChI=1S/C15H22N2O3/c1-15(2,3)13(16)14(20)17-11-7-5-4-6-10(11)8-9-12(18)19/h4-7,13H,8-9,16H2,1-3H3,(H,17,20)(H,18,19)/t13-/m0/s1. The molecule has 5 heteroatoms. The maximum atomic E-state index is 12.1. The summed E-state index contributed by atoms with van der Waals surface area (Å²) in [5.74, 6) is -1.13. The molecule has 1 aromatic carbocycles. The molecular formula is C15H22N2O3. The van der Waals surface area contributed by atoms with E-state index in [1.165, 1.54) is 0 Å². The summed E-state index contributed by atoms with van der Waals surface area (Å²) in [6.45, 7) is 5.69. The van der Waals surface area contributed by atoms with Crippen LogP contribution in [0.25, 0.3) is 0 Å². The molecule has 1 amide bonds. The fourth-order valence-electron chi connectivity index (χ4n) is 1.71. The van der Waals surface area contributed by atoms with Crippen LogP contribution < -0.4 is 11.1 Å². The second kappa shape index (κ2) is 6.52. The van der Waals surface area contributed by atoms with E-state index in [4.69, 9.17) is 10.8 Å². The summed E-state index contributed by atoms with van der Waals surface area (Å²) in [6.07, 6.45) is 0.398. The molecule has 1 atom stereocenters. The molecule has 0 spiro atoms. The number of benzene rings is 1. The van der Waals surface area contributed by atoms with Crippen molar-refractivity contribution >= 4 is 17.6 Å². The summed E-state index contributed by atoms with van der Waals surface area (Å²) in [6, 6.07) is 6.54. The summed E-state index contributed by atoms with van der Waals surface area (Å²) in [4.78, 5) is 22.7. The number of carboxylic acids is 1. The Kier molecular flexibility index (Phi) is 5.27. The van der Waals surface area contributed by atoms with Gasteiger partial charge in [0.05, 0.1) is 6.04 Å². The first-order valence-corrected chi connectivity index (χ1v) is 6.58. The van der Waals surface area contributed by atoms with Crippen LogP contribution in [-0.4, -0.2) is 23.0 Å². The predicted molar refractivity (Wildman–Crippen MR) is 78.5 cm³/mol. The zero-order valence-corrected chi connectivity index (χ0v) is 12.1. The van der Waals surface area contributed by atoms with Crippen LogP contribution in [0.4, 0.5) is 5.69 Å². The Morgan fingerprint density at radius 2 is 1.90 bits per heavy atom. The predicted octanol–water partition coefficient (Wildman–Crippen LogP) is 2.02. The van der Waals surface area contributed by atoms with Crippen LogP contribution in [0.3, 0.4) is 0 Å². The van der Waals surface area contributed by atoms with Crippen LogP contribution in [0.1, 0.15) is 32.8 Å². The number of nitrogens with two attached hydrogens (primary N) is 1. The molecule has 0 heterocycles. The van der Waals surface area contributed by atoms with Gasteiger partial charge in [-0.25, -0.2) is 0 Å². The molecule has 20 heavy (non-hydrogen) atoms. The Morgan fingerprint density at radius 3 is 2.45 bits per heavy atom. The molecule has 0 aliphatic rings. The second-order valence-electron chi connectivity index (χ2n) is 5.88. The SMILES string of the molecule is CC(C)(C)[C@@H](N)C(=O)Nc1ccccc1CCC(=O)O. The Hall–Kier alpha value is -1.88. The van der Waals surface area contributed by atoms with E-state index in [1.54, 1.807) is 18.2 Å². The number of amides is 1. The Bertz CT molecular complexity index is 492. The molecule has 5 nitrogen and oxygen atoms in total. The second-order valence-corrected chi connectivity index (χ2v) is 5.88. The van der Waals surface area contributed by atoms with Crippen LogP contribution in [0, 0.1) is 5.41 Å². The Morgan fingerprint density at radius 1 is 1.30 bits per heavy atom. The van der Waals surface area contributed by atoms with Gasteiger partial charge in [-0.1, -0.05) is 39.0 Å². The van der Waals surface area contributed by atoms with E-state index in [0.29, 0.717) is 12.1 Å². The van der Waals surface area contributed by atoms with Gasteiger partial charge in [0.25, 0.3) is 0 Å². The van der Waals surface area contributed by atoms with Gasteiger partial charge in [-0.15, -0.1) is 0 Å². The summed E-state index contributed by atoms with van der Waals surface area (Å²) in [5.41, 5.74) is 6.99. The largest absolute Gasteiger partial charge is 0.481 e. The molecule has 0 radical (unpaired) electrons. The number of anilines is 1. The van der Waals surface area contributed by atoms with Crippen molar-refractivity contribution in [1.29, 1.82) is 0 Å². The van der Waals surface area contributed by atoms with E-state index < -0.39 is 12.0 Å². The van der Waals surface area contributed by atoms with E-state index in [0.717, 1.165) is 5.56 Å². The lowest BCUT2D eigenvalue weighted by Crippen LogP contribution is -2.45. The van der Waals surface area contributed by atoms with E-state index in [9.17, 15) is 9.59 Å². The topological polar surface area (TPSA) is 92.4 Å². The van der Waals surface area contributed by atoms with Crippen LogP contribution in [0.15, 0.2) is 24.3 Å². The normalized spacial score (nSPS) is 12.8. The molecule has 0 bridgehead atoms. The molecule has 0 fully saturated rings. The minimum Gasteiger partial charge on any atom is -0.481 e. The van der Waals surface area contributed by atoms with Crippen molar-refractivity contribution in [3.63, 3.8) is 0 Å². The minimum atomic E-state index is -0.863. The lowest BCUT2D eigenvalue weighted by molar-refractivity contribution is -0.137. The third-order valence-electron chi connectivity index (χ3n) is 3.10. The maximum Gasteiger partial charge on any atom is 0.303 e. The fraction of sp³-hybridized carbons (Fsp3) is 0.467. The van der Waals surface area contributed by atoms with Gasteiger partial charge in [0.1, 0.15) is 0 Å². The zero-order chi connectivity index (χ0) is 15.3. The van der Waals surface area contributed by atoms with Crippen molar-refractivity contribution in [3.05, 3.63) is 29.8 Å². The van der Waals surface area contributed by atoms with Crippen molar-refractivity contribution < 1.29 is 14.7 Å². The number of carbonyl (C=O) groups excluding carboxylic acids is 1. The summed E-state index contributed by atoms with van der Waals surface area (Å²) in [7, 11) is 0. The third-order valence-corrected chi connectivity index (χ3v) is 3.10. The van der Waals surface area contributed by atoms with Gasteiger partial charge >= 0.3 is 5.97 Å². The number of rotatable bonds is 5. The number of nitrogens with one attached hydrogen (secondary N) is 1. The van der Waals surface area contributed by atoms with Gasteiger partial charge in [0.15, 0.2) is 0 Å². The first-order chi connectivity index (χ1) is 9.21. The monoisotopic (exact) mass is 278 g/mol. The van der Waals surface area contributed by atoms with Crippen LogP contribution in [0.5, 0.6) is 0 Å². The molecule has 0 aliphatic carbocycles. The third kappa shape index (κ3) is 4.66. The number of aryl methyl sites for hydroxylation is 1. The van der Waals surface area contributed by atoms with Crippen LogP contribution in [-0.2, 0) is 16.0 Å². The molecule has 0 saturated heterocycles. The highest BCUT2D eigenvalue weighted by Crippen LogP contribution is 2.21. The van der Waals surface area contributed by atoms with Gasteiger partial charge in [0.2, 0.25) is 5.91 Å². The fourth-order valence-corrected chi connectivity index (χ4v) is 1.71. The van der Waals surface area contributed by atoms with Crippen molar-refractivity contribution in [3.8, 4) is 0 Å². The average molecular weight is 278 g/mol. The number of carboxylic acid groups (broad SMARTS) is 1. The highest BCUT2D eigenvalue weighted by Gasteiger charge is 2.27. The highest BCUT2D eigenvalue weighted by molar-refractivity contribution is 5.95. The molecule has 0 aromatic heterocycles. The Labute approximate surface area is 119 Å². The van der Waals surface area contributed by atoms with E-state index >= 15 is 0 Å². The highest BCUT2D eigenvalue weighted by atomic mass is 16.4. The minimum absolute atomic E-state index is 0.0260. The van der Waals surface area contributed by atoms with Crippen molar-refractivity contribution in [2.24, 2.45) is 11.1 Å². The number of para-hydroxylation sites is 1. The molecule has 0 unspecified atom stereocenters. The molecule has 0 saturated carbocycles. The first kappa shape index (κ1) is 16.2. The van der Waals surface area contributed by atoms with Gasteiger partial charge in [-0.05, 0) is 23.5 Å². The lowest BCUT2D eigenvalue weighted by Gasteiger charge is -2.26. The first-order valence-electron chi connectivity index (χ1n) is 6.58. The van der Waals surface area contributed by atoms with E-state index in [-0.39, 0.29) is 17.7 Å². The Balaban J connectivity index is 2.82. The van der Waals surface area contributed by atoms with Gasteiger partial charge in [-0.3, -0.25) is 9.59 Å². The quantitative estimate of drug-likeness (QED) is 0.768. The summed E-state index contributed by atoms with van der Waals surface area (Å²) in [5, 5.41) is 11.5.